The molecule has 0 saturated carbocycles. The molecule has 0 radical (unpaired) electrons. The van der Waals surface area contributed by atoms with Crippen LogP contribution in [0.2, 0.25) is 0 Å². The molecule has 0 rings (SSSR count). The van der Waals surface area contributed by atoms with Crippen LogP contribution in [0.25, 0.3) is 0 Å². The van der Waals surface area contributed by atoms with Gasteiger partial charge in [-0.2, -0.15) is 0 Å². The van der Waals surface area contributed by atoms with Crippen molar-refractivity contribution in [3.05, 3.63) is 0 Å². The monoisotopic (exact) mass is 155 g/mol. The molecule has 0 aromatic rings. The summed E-state index contributed by atoms with van der Waals surface area (Å²) in [7, 11) is 0. The Bertz CT molecular complexity index is 98.6. The van der Waals surface area contributed by atoms with Crippen molar-refractivity contribution in [1.29, 1.82) is 0 Å². The molecule has 4 heteroatoms. The molecule has 0 unspecified atom stereocenters. The smallest absolute Gasteiger partial charge is 1.00 e. The first-order valence-corrected chi connectivity index (χ1v) is 3.14. The van der Waals surface area contributed by atoms with Crippen LogP contribution in [0.1, 0.15) is 22.2 Å². The van der Waals surface area contributed by atoms with Gasteiger partial charge in [-0.15, -0.1) is 5.06 Å². The van der Waals surface area contributed by atoms with E-state index in [9.17, 15) is 4.79 Å². The second kappa shape index (κ2) is 7.54. The molecule has 0 atom stereocenters. The minimum absolute atomic E-state index is 0. The van der Waals surface area contributed by atoms with Crippen LogP contribution in [0.5, 0.6) is 0 Å². The van der Waals surface area contributed by atoms with E-state index in [1.807, 2.05) is 13.8 Å². The van der Waals surface area contributed by atoms with Crippen molar-refractivity contribution in [2.45, 2.75) is 20.8 Å². The molecule has 3 nitrogen and oxygen atoms in total. The molecule has 0 aliphatic rings. The Morgan fingerprint density at radius 2 is 1.90 bits per heavy atom. The minimum Gasteiger partial charge on any atom is -1.00 e. The van der Waals surface area contributed by atoms with Gasteiger partial charge in [-0.3, -0.25) is 4.79 Å². The van der Waals surface area contributed by atoms with E-state index in [0.29, 0.717) is 0 Å². The molecule has 0 heterocycles. The number of hydroxylamine groups is 2. The fraction of sp³-hybridized carbons (Fsp3) is 0.833. The van der Waals surface area contributed by atoms with Gasteiger partial charge in [-0.1, -0.05) is 0 Å². The van der Waals surface area contributed by atoms with Gasteiger partial charge in [0.1, 0.15) is 0 Å². The Hall–Kier alpha value is 0.430. The Labute approximate surface area is 85.5 Å². The van der Waals surface area contributed by atoms with Crippen molar-refractivity contribution in [3.8, 4) is 0 Å². The third-order valence-electron chi connectivity index (χ3n) is 0.963. The van der Waals surface area contributed by atoms with E-state index in [-0.39, 0.29) is 37.0 Å². The summed E-state index contributed by atoms with van der Waals surface area (Å²) in [4.78, 5) is 15.1. The van der Waals surface area contributed by atoms with Crippen LogP contribution in [-0.4, -0.2) is 24.1 Å². The van der Waals surface area contributed by atoms with Crippen LogP contribution in [0.15, 0.2) is 0 Å². The maximum atomic E-state index is 10.3. The predicted octanol–water partition coefficient (Wildman–Crippen LogP) is -2.08. The van der Waals surface area contributed by atoms with Crippen LogP contribution in [0.3, 0.4) is 0 Å². The molecule has 0 fully saturated rings. The molecule has 0 amide bonds. The second-order valence-electron chi connectivity index (χ2n) is 1.70. The summed E-state index contributed by atoms with van der Waals surface area (Å²) >= 11 is 0. The van der Waals surface area contributed by atoms with E-state index in [1.54, 1.807) is 5.06 Å². The zero-order chi connectivity index (χ0) is 7.28. The number of rotatable bonds is 3. The average Bonchev–Trinajstić information content (AvgIpc) is 1.82. The first-order valence-electron chi connectivity index (χ1n) is 3.14. The van der Waals surface area contributed by atoms with Gasteiger partial charge in [0, 0.05) is 20.0 Å². The molecule has 0 aromatic heterocycles. The van der Waals surface area contributed by atoms with Crippen molar-refractivity contribution in [3.63, 3.8) is 0 Å². The van der Waals surface area contributed by atoms with Crippen molar-refractivity contribution >= 4 is 5.97 Å². The van der Waals surface area contributed by atoms with Crippen LogP contribution >= 0.6 is 0 Å². The van der Waals surface area contributed by atoms with E-state index in [4.69, 9.17) is 4.84 Å². The van der Waals surface area contributed by atoms with Gasteiger partial charge in [0.15, 0.2) is 0 Å². The Morgan fingerprint density at radius 1 is 1.50 bits per heavy atom. The second-order valence-corrected chi connectivity index (χ2v) is 1.70. The Balaban J connectivity index is -0.000000320. The quantitative estimate of drug-likeness (QED) is 0.346. The van der Waals surface area contributed by atoms with Gasteiger partial charge in [-0.25, -0.2) is 0 Å². The molecular formula is C6H14NNaO2. The van der Waals surface area contributed by atoms with Gasteiger partial charge >= 0.3 is 35.5 Å². The maximum Gasteiger partial charge on any atom is 1.00 e. The Morgan fingerprint density at radius 3 is 2.00 bits per heavy atom. The van der Waals surface area contributed by atoms with Crippen LogP contribution in [0.4, 0.5) is 0 Å². The van der Waals surface area contributed by atoms with Gasteiger partial charge in [-0.05, 0) is 13.8 Å². The van der Waals surface area contributed by atoms with Crippen molar-refractivity contribution in [1.82, 2.24) is 5.06 Å². The van der Waals surface area contributed by atoms with Gasteiger partial charge < -0.3 is 6.26 Å². The SMILES string of the molecule is CCN(CC)OC(C)=O.[H-].[Na+]. The van der Waals surface area contributed by atoms with Crippen molar-refractivity contribution in [2.24, 2.45) is 0 Å². The third-order valence-corrected chi connectivity index (χ3v) is 0.963. The van der Waals surface area contributed by atoms with Crippen LogP contribution < -0.4 is 29.6 Å². The van der Waals surface area contributed by atoms with Gasteiger partial charge in [0.05, 0.1) is 0 Å². The summed E-state index contributed by atoms with van der Waals surface area (Å²) in [5, 5.41) is 1.60. The van der Waals surface area contributed by atoms with Crippen LogP contribution in [0, 0.1) is 0 Å². The minimum atomic E-state index is -0.251. The van der Waals surface area contributed by atoms with Crippen molar-refractivity contribution in [2.75, 3.05) is 13.1 Å². The number of carbonyl (C=O) groups is 1. The third kappa shape index (κ3) is 6.55. The molecule has 10 heavy (non-hydrogen) atoms. The summed E-state index contributed by atoms with van der Waals surface area (Å²) in [6, 6.07) is 0. The molecule has 0 bridgehead atoms. The predicted molar refractivity (Wildman–Crippen MR) is 35.8 cm³/mol. The summed E-state index contributed by atoms with van der Waals surface area (Å²) in [6.07, 6.45) is 0. The van der Waals surface area contributed by atoms with E-state index in [2.05, 4.69) is 0 Å². The largest absolute Gasteiger partial charge is 1.00 e. The number of nitrogens with zero attached hydrogens (tertiary/aromatic N) is 1. The number of hydrogen-bond acceptors (Lipinski definition) is 3. The van der Waals surface area contributed by atoms with Gasteiger partial charge in [0.25, 0.3) is 0 Å². The summed E-state index contributed by atoms with van der Waals surface area (Å²) < 4.78 is 0. The maximum absolute atomic E-state index is 10.3. The number of hydrogen-bond donors (Lipinski definition) is 0. The van der Waals surface area contributed by atoms with Crippen molar-refractivity contribution < 1.29 is 40.6 Å². The fourth-order valence-electron chi connectivity index (χ4n) is 0.535. The zero-order valence-corrected chi connectivity index (χ0v) is 9.18. The molecular weight excluding hydrogens is 141 g/mol. The molecule has 0 saturated heterocycles. The molecule has 0 spiro atoms. The van der Waals surface area contributed by atoms with E-state index < -0.39 is 0 Å². The molecule has 56 valence electrons. The van der Waals surface area contributed by atoms with E-state index >= 15 is 0 Å². The molecule has 0 aliphatic carbocycles. The van der Waals surface area contributed by atoms with E-state index in [0.717, 1.165) is 13.1 Å². The normalized spacial score (nSPS) is 8.80. The van der Waals surface area contributed by atoms with E-state index in [1.165, 1.54) is 6.92 Å². The average molecular weight is 155 g/mol. The zero-order valence-electron chi connectivity index (χ0n) is 8.18. The molecule has 0 aliphatic heterocycles. The van der Waals surface area contributed by atoms with Gasteiger partial charge in [0.2, 0.25) is 0 Å². The summed E-state index contributed by atoms with van der Waals surface area (Å²) in [5.74, 6) is -0.251. The topological polar surface area (TPSA) is 29.5 Å². The van der Waals surface area contributed by atoms with Crippen LogP contribution in [-0.2, 0) is 9.63 Å². The first kappa shape index (κ1) is 13.1. The summed E-state index contributed by atoms with van der Waals surface area (Å²) in [5.41, 5.74) is 0. The number of carbonyl (C=O) groups excluding carboxylic acids is 1. The Kier molecular flexibility index (Phi) is 9.84. The standard InChI is InChI=1S/C6H13NO2.Na.H/c1-4-7(5-2)9-6(3)8;;/h4-5H2,1-3H3;;/q;+1;-1. The summed E-state index contributed by atoms with van der Waals surface area (Å²) in [6.45, 7) is 6.77. The first-order chi connectivity index (χ1) is 4.20. The fourth-order valence-corrected chi connectivity index (χ4v) is 0.535. The molecule has 0 N–H and O–H groups in total. The molecule has 0 aromatic carbocycles.